The SMILES string of the molecule is CN(C)C[C@H]1C[C@H](CO)CN(C(=O)Cc2ccccc2C(F)(F)F)C1. The minimum absolute atomic E-state index is 0.00437. The van der Waals surface area contributed by atoms with Crippen LogP contribution < -0.4 is 0 Å². The maximum absolute atomic E-state index is 13.1. The van der Waals surface area contributed by atoms with Crippen molar-refractivity contribution < 1.29 is 23.1 Å². The average molecular weight is 358 g/mol. The van der Waals surface area contributed by atoms with Gasteiger partial charge < -0.3 is 14.9 Å². The number of piperidine rings is 1. The van der Waals surface area contributed by atoms with Crippen molar-refractivity contribution in [1.29, 1.82) is 0 Å². The molecule has 1 fully saturated rings. The maximum Gasteiger partial charge on any atom is 0.416 e. The molecule has 140 valence electrons. The molecule has 0 saturated carbocycles. The molecule has 0 aromatic heterocycles. The second-order valence-corrected chi connectivity index (χ2v) is 7.04. The lowest BCUT2D eigenvalue weighted by Gasteiger charge is -2.38. The lowest BCUT2D eigenvalue weighted by Crippen LogP contribution is -2.47. The van der Waals surface area contributed by atoms with Crippen LogP contribution in [-0.2, 0) is 17.4 Å². The first-order valence-electron chi connectivity index (χ1n) is 8.39. The minimum Gasteiger partial charge on any atom is -0.396 e. The molecular formula is C18H25F3N2O2. The maximum atomic E-state index is 13.1. The van der Waals surface area contributed by atoms with Gasteiger partial charge in [0.2, 0.25) is 5.91 Å². The second kappa shape index (κ2) is 8.19. The standard InChI is InChI=1S/C18H25F3N2O2/c1-22(2)9-13-7-14(12-24)11-23(10-13)17(25)8-15-5-3-4-6-16(15)18(19,20)21/h3-6,13-14,24H,7-12H2,1-2H3/t13-,14+/m1/s1. The minimum atomic E-state index is -4.47. The molecule has 0 radical (unpaired) electrons. The van der Waals surface area contributed by atoms with Crippen LogP contribution in [-0.4, -0.2) is 61.2 Å². The topological polar surface area (TPSA) is 43.8 Å². The summed E-state index contributed by atoms with van der Waals surface area (Å²) in [7, 11) is 3.88. The molecule has 1 aromatic carbocycles. The van der Waals surface area contributed by atoms with Crippen molar-refractivity contribution >= 4 is 5.91 Å². The van der Waals surface area contributed by atoms with E-state index in [1.807, 2.05) is 19.0 Å². The third-order valence-electron chi connectivity index (χ3n) is 4.52. The highest BCUT2D eigenvalue weighted by Gasteiger charge is 2.35. The third-order valence-corrected chi connectivity index (χ3v) is 4.52. The molecule has 1 amide bonds. The highest BCUT2D eigenvalue weighted by molar-refractivity contribution is 5.79. The van der Waals surface area contributed by atoms with E-state index in [0.29, 0.717) is 13.1 Å². The Morgan fingerprint density at radius 3 is 2.48 bits per heavy atom. The van der Waals surface area contributed by atoms with Gasteiger partial charge in [-0.2, -0.15) is 13.2 Å². The van der Waals surface area contributed by atoms with Crippen LogP contribution in [0.2, 0.25) is 0 Å². The molecule has 2 rings (SSSR count). The van der Waals surface area contributed by atoms with Gasteiger partial charge in [-0.3, -0.25) is 4.79 Å². The predicted octanol–water partition coefficient (Wildman–Crippen LogP) is 2.27. The summed E-state index contributed by atoms with van der Waals surface area (Å²) in [4.78, 5) is 16.2. The largest absolute Gasteiger partial charge is 0.416 e. The number of aliphatic hydroxyl groups is 1. The Kier molecular flexibility index (Phi) is 6.46. The number of amides is 1. The molecule has 1 aliphatic heterocycles. The van der Waals surface area contributed by atoms with Crippen LogP contribution in [0.15, 0.2) is 24.3 Å². The van der Waals surface area contributed by atoms with E-state index in [1.54, 1.807) is 4.90 Å². The summed E-state index contributed by atoms with van der Waals surface area (Å²) in [5.74, 6) is -0.137. The summed E-state index contributed by atoms with van der Waals surface area (Å²) >= 11 is 0. The van der Waals surface area contributed by atoms with E-state index in [2.05, 4.69) is 0 Å². The van der Waals surface area contributed by atoms with E-state index in [1.165, 1.54) is 18.2 Å². The summed E-state index contributed by atoms with van der Waals surface area (Å²) < 4.78 is 39.3. The molecular weight excluding hydrogens is 333 g/mol. The fourth-order valence-electron chi connectivity index (χ4n) is 3.53. The van der Waals surface area contributed by atoms with Crippen LogP contribution in [0, 0.1) is 11.8 Å². The second-order valence-electron chi connectivity index (χ2n) is 7.04. The van der Waals surface area contributed by atoms with Gasteiger partial charge in [0, 0.05) is 26.2 Å². The number of benzene rings is 1. The van der Waals surface area contributed by atoms with E-state index in [4.69, 9.17) is 0 Å². The van der Waals surface area contributed by atoms with Gasteiger partial charge in [-0.1, -0.05) is 18.2 Å². The Morgan fingerprint density at radius 1 is 1.24 bits per heavy atom. The van der Waals surface area contributed by atoms with Crippen LogP contribution in [0.4, 0.5) is 13.2 Å². The molecule has 4 nitrogen and oxygen atoms in total. The van der Waals surface area contributed by atoms with E-state index >= 15 is 0 Å². The van der Waals surface area contributed by atoms with Crippen molar-refractivity contribution in [3.63, 3.8) is 0 Å². The molecule has 0 aliphatic carbocycles. The molecule has 1 heterocycles. The Morgan fingerprint density at radius 2 is 1.88 bits per heavy atom. The van der Waals surface area contributed by atoms with Gasteiger partial charge in [-0.25, -0.2) is 0 Å². The zero-order chi connectivity index (χ0) is 18.6. The summed E-state index contributed by atoms with van der Waals surface area (Å²) in [5, 5.41) is 9.48. The Hall–Kier alpha value is -1.60. The Bertz CT molecular complexity index is 590. The first-order valence-corrected chi connectivity index (χ1v) is 8.39. The molecule has 1 aliphatic rings. The molecule has 1 N–H and O–H groups in total. The number of hydrogen-bond acceptors (Lipinski definition) is 3. The monoisotopic (exact) mass is 358 g/mol. The van der Waals surface area contributed by atoms with Crippen LogP contribution in [0.25, 0.3) is 0 Å². The van der Waals surface area contributed by atoms with Crippen molar-refractivity contribution in [2.75, 3.05) is 40.3 Å². The number of likely N-dealkylation sites (tertiary alicyclic amines) is 1. The van der Waals surface area contributed by atoms with Gasteiger partial charge in [-0.05, 0) is 44.0 Å². The summed E-state index contributed by atoms with van der Waals surface area (Å²) in [6, 6.07) is 5.20. The fourth-order valence-corrected chi connectivity index (χ4v) is 3.53. The lowest BCUT2D eigenvalue weighted by molar-refractivity contribution is -0.139. The number of alkyl halides is 3. The lowest BCUT2D eigenvalue weighted by atomic mass is 9.89. The van der Waals surface area contributed by atoms with Crippen LogP contribution in [0.5, 0.6) is 0 Å². The van der Waals surface area contributed by atoms with Crippen molar-refractivity contribution in [3.8, 4) is 0 Å². The number of nitrogens with zero attached hydrogens (tertiary/aromatic N) is 2. The molecule has 7 heteroatoms. The highest BCUT2D eigenvalue weighted by atomic mass is 19.4. The van der Waals surface area contributed by atoms with E-state index in [9.17, 15) is 23.1 Å². The molecule has 0 spiro atoms. The fraction of sp³-hybridized carbons (Fsp3) is 0.611. The molecule has 2 atom stereocenters. The number of hydrogen-bond donors (Lipinski definition) is 1. The van der Waals surface area contributed by atoms with Crippen molar-refractivity contribution in [3.05, 3.63) is 35.4 Å². The van der Waals surface area contributed by atoms with E-state index < -0.39 is 11.7 Å². The van der Waals surface area contributed by atoms with Gasteiger partial charge in [0.15, 0.2) is 0 Å². The molecule has 0 bridgehead atoms. The van der Waals surface area contributed by atoms with Gasteiger partial charge in [0.05, 0.1) is 12.0 Å². The van der Waals surface area contributed by atoms with E-state index in [-0.39, 0.29) is 36.3 Å². The van der Waals surface area contributed by atoms with Crippen LogP contribution in [0.3, 0.4) is 0 Å². The first-order chi connectivity index (χ1) is 11.7. The predicted molar refractivity (Wildman–Crippen MR) is 89.0 cm³/mol. The highest BCUT2D eigenvalue weighted by Crippen LogP contribution is 2.32. The smallest absolute Gasteiger partial charge is 0.396 e. The first kappa shape index (κ1) is 19.7. The zero-order valence-corrected chi connectivity index (χ0v) is 14.6. The van der Waals surface area contributed by atoms with Crippen molar-refractivity contribution in [2.45, 2.75) is 19.0 Å². The van der Waals surface area contributed by atoms with Gasteiger partial charge in [-0.15, -0.1) is 0 Å². The van der Waals surface area contributed by atoms with Crippen LogP contribution >= 0.6 is 0 Å². The Labute approximate surface area is 146 Å². The number of carbonyl (C=O) groups is 1. The van der Waals surface area contributed by atoms with Gasteiger partial charge in [0.1, 0.15) is 0 Å². The quantitative estimate of drug-likeness (QED) is 0.878. The molecule has 1 aromatic rings. The van der Waals surface area contributed by atoms with Gasteiger partial charge >= 0.3 is 6.18 Å². The molecule has 25 heavy (non-hydrogen) atoms. The van der Waals surface area contributed by atoms with Crippen LogP contribution in [0.1, 0.15) is 17.5 Å². The summed E-state index contributed by atoms with van der Waals surface area (Å²) in [5.41, 5.74) is -0.765. The number of halogens is 3. The number of rotatable bonds is 5. The number of carbonyl (C=O) groups excluding carboxylic acids is 1. The third kappa shape index (κ3) is 5.44. The Balaban J connectivity index is 2.12. The van der Waals surface area contributed by atoms with E-state index in [0.717, 1.165) is 19.0 Å². The summed E-state index contributed by atoms with van der Waals surface area (Å²) in [6.45, 7) is 1.67. The van der Waals surface area contributed by atoms with Crippen molar-refractivity contribution in [2.24, 2.45) is 11.8 Å². The normalized spacial score (nSPS) is 21.6. The zero-order valence-electron chi connectivity index (χ0n) is 14.6. The average Bonchev–Trinajstić information content (AvgIpc) is 2.53. The molecule has 0 unspecified atom stereocenters. The van der Waals surface area contributed by atoms with Gasteiger partial charge in [0.25, 0.3) is 0 Å². The molecule has 1 saturated heterocycles. The van der Waals surface area contributed by atoms with Crippen molar-refractivity contribution in [1.82, 2.24) is 9.80 Å². The number of aliphatic hydroxyl groups excluding tert-OH is 1. The summed E-state index contributed by atoms with van der Waals surface area (Å²) in [6.07, 6.45) is -3.93.